The fourth-order valence-electron chi connectivity index (χ4n) is 1.77. The maximum Gasteiger partial charge on any atom is 0.416 e. The van der Waals surface area contributed by atoms with Crippen molar-refractivity contribution in [3.05, 3.63) is 35.4 Å². The summed E-state index contributed by atoms with van der Waals surface area (Å²) in [6.45, 7) is 4.55. The van der Waals surface area contributed by atoms with E-state index in [1.807, 2.05) is 13.8 Å². The highest BCUT2D eigenvalue weighted by Crippen LogP contribution is 2.32. The van der Waals surface area contributed by atoms with Crippen LogP contribution in [0.1, 0.15) is 31.2 Å². The predicted octanol–water partition coefficient (Wildman–Crippen LogP) is 3.10. The molecule has 1 N–H and O–H groups in total. The van der Waals surface area contributed by atoms with Crippen molar-refractivity contribution in [1.29, 1.82) is 0 Å². The summed E-state index contributed by atoms with van der Waals surface area (Å²) in [5.74, 6) is 0. The molecule has 1 aromatic carbocycles. The van der Waals surface area contributed by atoms with E-state index in [4.69, 9.17) is 4.74 Å². The fourth-order valence-corrected chi connectivity index (χ4v) is 1.77. The van der Waals surface area contributed by atoms with E-state index in [9.17, 15) is 13.2 Å². The van der Waals surface area contributed by atoms with Gasteiger partial charge in [0.15, 0.2) is 0 Å². The second-order valence-corrected chi connectivity index (χ2v) is 4.76. The van der Waals surface area contributed by atoms with E-state index in [2.05, 4.69) is 5.32 Å². The molecule has 0 saturated carbocycles. The van der Waals surface area contributed by atoms with Crippen LogP contribution in [-0.4, -0.2) is 12.1 Å². The highest BCUT2D eigenvalue weighted by molar-refractivity contribution is 5.26. The largest absolute Gasteiger partial charge is 0.416 e. The summed E-state index contributed by atoms with van der Waals surface area (Å²) in [4.78, 5) is 0. The van der Waals surface area contributed by atoms with Gasteiger partial charge < -0.3 is 4.74 Å². The molecule has 1 heterocycles. The summed E-state index contributed by atoms with van der Waals surface area (Å²) in [6.07, 6.45) is -4.62. The second kappa shape index (κ2) is 3.99. The van der Waals surface area contributed by atoms with E-state index in [0.29, 0.717) is 12.1 Å². The molecule has 1 fully saturated rings. The quantitative estimate of drug-likeness (QED) is 0.820. The van der Waals surface area contributed by atoms with Crippen molar-refractivity contribution in [2.75, 3.05) is 6.54 Å². The molecular formula is C12H14F3NO. The standard InChI is InChI=1S/C12H14F3NO/c1-11(2)7-16-10(17-11)8-3-5-9(6-4-8)12(13,14)15/h3-6,10,16H,7H2,1-2H3. The first-order chi connectivity index (χ1) is 7.78. The Morgan fingerprint density at radius 1 is 1.24 bits per heavy atom. The molecule has 1 aliphatic rings. The van der Waals surface area contributed by atoms with Crippen molar-refractivity contribution in [2.24, 2.45) is 0 Å². The SMILES string of the molecule is CC1(C)CNC(c2ccc(C(F)(F)F)cc2)O1. The Bertz CT molecular complexity index is 397. The maximum absolute atomic E-state index is 12.4. The van der Waals surface area contributed by atoms with Crippen LogP contribution < -0.4 is 5.32 Å². The molecule has 2 nitrogen and oxygen atoms in total. The van der Waals surface area contributed by atoms with Crippen molar-refractivity contribution in [1.82, 2.24) is 5.32 Å². The van der Waals surface area contributed by atoms with Crippen molar-refractivity contribution < 1.29 is 17.9 Å². The summed E-state index contributed by atoms with van der Waals surface area (Å²) < 4.78 is 42.8. The number of hydrogen-bond acceptors (Lipinski definition) is 2. The van der Waals surface area contributed by atoms with Crippen molar-refractivity contribution in [3.63, 3.8) is 0 Å². The van der Waals surface area contributed by atoms with E-state index in [-0.39, 0.29) is 11.8 Å². The second-order valence-electron chi connectivity index (χ2n) is 4.76. The fraction of sp³-hybridized carbons (Fsp3) is 0.500. The first-order valence-corrected chi connectivity index (χ1v) is 5.36. The minimum atomic E-state index is -4.29. The lowest BCUT2D eigenvalue weighted by Gasteiger charge is -2.18. The summed E-state index contributed by atoms with van der Waals surface area (Å²) >= 11 is 0. The highest BCUT2D eigenvalue weighted by Gasteiger charge is 2.33. The van der Waals surface area contributed by atoms with E-state index in [1.165, 1.54) is 12.1 Å². The molecular weight excluding hydrogens is 231 g/mol. The average molecular weight is 245 g/mol. The van der Waals surface area contributed by atoms with Gasteiger partial charge in [0.25, 0.3) is 0 Å². The normalized spacial score (nSPS) is 23.9. The molecule has 17 heavy (non-hydrogen) atoms. The molecule has 0 spiro atoms. The lowest BCUT2D eigenvalue weighted by Crippen LogP contribution is -2.23. The third-order valence-electron chi connectivity index (χ3n) is 2.69. The Hall–Kier alpha value is -1.07. The molecule has 0 radical (unpaired) electrons. The van der Waals surface area contributed by atoms with Gasteiger partial charge in [0.2, 0.25) is 0 Å². The number of halogens is 3. The molecule has 5 heteroatoms. The van der Waals surface area contributed by atoms with Crippen molar-refractivity contribution in [2.45, 2.75) is 31.9 Å². The summed E-state index contributed by atoms with van der Waals surface area (Å²) in [5, 5.41) is 3.12. The smallest absolute Gasteiger partial charge is 0.352 e. The summed E-state index contributed by atoms with van der Waals surface area (Å²) in [5.41, 5.74) is -0.213. The monoisotopic (exact) mass is 245 g/mol. The third kappa shape index (κ3) is 2.79. The number of nitrogens with one attached hydrogen (secondary N) is 1. The molecule has 1 atom stereocenters. The van der Waals surface area contributed by atoms with Gasteiger partial charge in [0.05, 0.1) is 11.2 Å². The lowest BCUT2D eigenvalue weighted by atomic mass is 10.1. The Balaban J connectivity index is 2.14. The number of rotatable bonds is 1. The lowest BCUT2D eigenvalue weighted by molar-refractivity contribution is -0.137. The number of benzene rings is 1. The zero-order valence-electron chi connectivity index (χ0n) is 9.64. The Labute approximate surface area is 97.8 Å². The van der Waals surface area contributed by atoms with Crippen LogP contribution in [0, 0.1) is 0 Å². The molecule has 0 bridgehead atoms. The first kappa shape index (κ1) is 12.4. The molecule has 1 unspecified atom stereocenters. The zero-order valence-corrected chi connectivity index (χ0v) is 9.64. The maximum atomic E-state index is 12.4. The molecule has 1 saturated heterocycles. The third-order valence-corrected chi connectivity index (χ3v) is 2.69. The molecule has 0 aromatic heterocycles. The Morgan fingerprint density at radius 2 is 1.82 bits per heavy atom. The predicted molar refractivity (Wildman–Crippen MR) is 57.4 cm³/mol. The van der Waals surface area contributed by atoms with Gasteiger partial charge in [-0.1, -0.05) is 12.1 Å². The van der Waals surface area contributed by atoms with Gasteiger partial charge in [-0.05, 0) is 31.5 Å². The number of ether oxygens (including phenoxy) is 1. The van der Waals surface area contributed by atoms with Crippen LogP contribution >= 0.6 is 0 Å². The topological polar surface area (TPSA) is 21.3 Å². The molecule has 1 aromatic rings. The highest BCUT2D eigenvalue weighted by atomic mass is 19.4. The van der Waals surface area contributed by atoms with E-state index in [1.54, 1.807) is 0 Å². The van der Waals surface area contributed by atoms with Crippen LogP contribution in [0.3, 0.4) is 0 Å². The van der Waals surface area contributed by atoms with Crippen LogP contribution in [0.4, 0.5) is 13.2 Å². The van der Waals surface area contributed by atoms with Crippen LogP contribution in [-0.2, 0) is 10.9 Å². The molecule has 0 aliphatic carbocycles. The molecule has 2 rings (SSSR count). The zero-order chi connectivity index (χ0) is 12.7. The van der Waals surface area contributed by atoms with E-state index >= 15 is 0 Å². The van der Waals surface area contributed by atoms with Gasteiger partial charge in [0, 0.05) is 6.54 Å². The Morgan fingerprint density at radius 3 is 2.24 bits per heavy atom. The molecule has 94 valence electrons. The minimum absolute atomic E-state index is 0.284. The minimum Gasteiger partial charge on any atom is -0.352 e. The Kier molecular flexibility index (Phi) is 2.91. The molecule has 0 amide bonds. The van der Waals surface area contributed by atoms with Gasteiger partial charge in [-0.2, -0.15) is 13.2 Å². The van der Waals surface area contributed by atoms with Crippen LogP contribution in [0.5, 0.6) is 0 Å². The average Bonchev–Trinajstić information content (AvgIpc) is 2.58. The van der Waals surface area contributed by atoms with Gasteiger partial charge in [0.1, 0.15) is 6.23 Å². The van der Waals surface area contributed by atoms with Gasteiger partial charge in [-0.25, -0.2) is 0 Å². The van der Waals surface area contributed by atoms with E-state index < -0.39 is 11.7 Å². The molecule has 1 aliphatic heterocycles. The number of alkyl halides is 3. The first-order valence-electron chi connectivity index (χ1n) is 5.36. The summed E-state index contributed by atoms with van der Waals surface area (Å²) in [7, 11) is 0. The van der Waals surface area contributed by atoms with Gasteiger partial charge in [-0.3, -0.25) is 5.32 Å². The van der Waals surface area contributed by atoms with Crippen LogP contribution in [0.25, 0.3) is 0 Å². The van der Waals surface area contributed by atoms with Gasteiger partial charge >= 0.3 is 6.18 Å². The van der Waals surface area contributed by atoms with Crippen LogP contribution in [0.2, 0.25) is 0 Å². The summed E-state index contributed by atoms with van der Waals surface area (Å²) in [6, 6.07) is 5.04. The van der Waals surface area contributed by atoms with Crippen molar-refractivity contribution >= 4 is 0 Å². The number of hydrogen-bond donors (Lipinski definition) is 1. The van der Waals surface area contributed by atoms with E-state index in [0.717, 1.165) is 12.1 Å². The van der Waals surface area contributed by atoms with Gasteiger partial charge in [-0.15, -0.1) is 0 Å². The van der Waals surface area contributed by atoms with Crippen molar-refractivity contribution in [3.8, 4) is 0 Å². The van der Waals surface area contributed by atoms with Crippen LogP contribution in [0.15, 0.2) is 24.3 Å².